The van der Waals surface area contributed by atoms with Crippen LogP contribution in [0.15, 0.2) is 72.8 Å². The number of aryl methyl sites for hydroxylation is 1. The summed E-state index contributed by atoms with van der Waals surface area (Å²) in [6.45, 7) is 1.97. The summed E-state index contributed by atoms with van der Waals surface area (Å²) in [7, 11) is 1.59. The van der Waals surface area contributed by atoms with E-state index in [1.54, 1.807) is 13.2 Å². The first-order valence-corrected chi connectivity index (χ1v) is 8.97. The van der Waals surface area contributed by atoms with Crippen molar-refractivity contribution >= 4 is 28.9 Å². The molecule has 1 atom stereocenters. The van der Waals surface area contributed by atoms with Gasteiger partial charge in [0.1, 0.15) is 11.8 Å². The van der Waals surface area contributed by atoms with E-state index < -0.39 is 6.04 Å². The maximum atomic E-state index is 13.0. The minimum absolute atomic E-state index is 0.189. The Morgan fingerprint density at radius 2 is 1.78 bits per heavy atom. The van der Waals surface area contributed by atoms with Crippen LogP contribution in [-0.2, 0) is 4.79 Å². The van der Waals surface area contributed by atoms with Gasteiger partial charge >= 0.3 is 0 Å². The van der Waals surface area contributed by atoms with Gasteiger partial charge in [-0.2, -0.15) is 0 Å². The molecule has 4 nitrogen and oxygen atoms in total. The van der Waals surface area contributed by atoms with Crippen molar-refractivity contribution < 1.29 is 9.53 Å². The van der Waals surface area contributed by atoms with Gasteiger partial charge in [-0.1, -0.05) is 54.1 Å². The van der Waals surface area contributed by atoms with Crippen LogP contribution in [0.25, 0.3) is 0 Å². The zero-order valence-electron chi connectivity index (χ0n) is 15.2. The number of anilines is 2. The van der Waals surface area contributed by atoms with Gasteiger partial charge in [0.15, 0.2) is 0 Å². The molecule has 3 aromatic rings. The Morgan fingerprint density at radius 3 is 2.48 bits per heavy atom. The quantitative estimate of drug-likeness (QED) is 0.597. The van der Waals surface area contributed by atoms with E-state index >= 15 is 0 Å². The van der Waals surface area contributed by atoms with E-state index in [4.69, 9.17) is 16.3 Å². The van der Waals surface area contributed by atoms with E-state index in [0.717, 1.165) is 11.1 Å². The molecular weight excluding hydrogens is 360 g/mol. The van der Waals surface area contributed by atoms with Crippen LogP contribution in [-0.4, -0.2) is 13.0 Å². The summed E-state index contributed by atoms with van der Waals surface area (Å²) in [6, 6.07) is 21.9. The predicted octanol–water partition coefficient (Wildman–Crippen LogP) is 5.45. The Labute approximate surface area is 164 Å². The number of rotatable bonds is 6. The highest BCUT2D eigenvalue weighted by molar-refractivity contribution is 6.33. The third-order valence-electron chi connectivity index (χ3n) is 4.16. The van der Waals surface area contributed by atoms with E-state index in [1.807, 2.05) is 73.7 Å². The molecule has 0 unspecified atom stereocenters. The molecule has 3 rings (SSSR count). The summed E-state index contributed by atoms with van der Waals surface area (Å²) < 4.78 is 5.22. The topological polar surface area (TPSA) is 50.4 Å². The Bertz CT molecular complexity index is 929. The number of carbonyl (C=O) groups is 1. The summed E-state index contributed by atoms with van der Waals surface area (Å²) in [4.78, 5) is 13.0. The monoisotopic (exact) mass is 380 g/mol. The Kier molecular flexibility index (Phi) is 5.99. The lowest BCUT2D eigenvalue weighted by atomic mass is 10.1. The summed E-state index contributed by atoms with van der Waals surface area (Å²) in [5, 5.41) is 6.78. The van der Waals surface area contributed by atoms with Gasteiger partial charge in [-0.3, -0.25) is 4.79 Å². The van der Waals surface area contributed by atoms with Gasteiger partial charge in [0, 0.05) is 11.8 Å². The lowest BCUT2D eigenvalue weighted by Crippen LogP contribution is -2.27. The molecule has 27 heavy (non-hydrogen) atoms. The summed E-state index contributed by atoms with van der Waals surface area (Å²) in [5.41, 5.74) is 3.27. The van der Waals surface area contributed by atoms with Gasteiger partial charge in [-0.15, -0.1) is 0 Å². The lowest BCUT2D eigenvalue weighted by molar-refractivity contribution is -0.117. The first-order valence-electron chi connectivity index (χ1n) is 8.59. The second-order valence-corrected chi connectivity index (χ2v) is 6.60. The van der Waals surface area contributed by atoms with Crippen LogP contribution in [0.1, 0.15) is 17.2 Å². The Morgan fingerprint density at radius 1 is 1.00 bits per heavy atom. The molecule has 0 aliphatic heterocycles. The average molecular weight is 381 g/mol. The highest BCUT2D eigenvalue weighted by atomic mass is 35.5. The lowest BCUT2D eigenvalue weighted by Gasteiger charge is -2.21. The van der Waals surface area contributed by atoms with Crippen molar-refractivity contribution in [3.8, 4) is 5.75 Å². The first kappa shape index (κ1) is 18.8. The number of methoxy groups -OCH3 is 1. The maximum absolute atomic E-state index is 13.0. The van der Waals surface area contributed by atoms with Crippen molar-refractivity contribution in [2.24, 2.45) is 0 Å². The summed E-state index contributed by atoms with van der Waals surface area (Å²) >= 11 is 6.35. The van der Waals surface area contributed by atoms with E-state index in [0.29, 0.717) is 22.1 Å². The van der Waals surface area contributed by atoms with Crippen molar-refractivity contribution in [3.63, 3.8) is 0 Å². The van der Waals surface area contributed by atoms with Gasteiger partial charge in [0.05, 0.1) is 17.8 Å². The fourth-order valence-corrected chi connectivity index (χ4v) is 3.04. The molecule has 2 N–H and O–H groups in total. The van der Waals surface area contributed by atoms with Crippen molar-refractivity contribution in [1.29, 1.82) is 0 Å². The van der Waals surface area contributed by atoms with E-state index in [2.05, 4.69) is 10.6 Å². The molecule has 0 aliphatic rings. The zero-order valence-corrected chi connectivity index (χ0v) is 16.0. The third-order valence-corrected chi connectivity index (χ3v) is 4.47. The number of amides is 1. The number of benzene rings is 3. The van der Waals surface area contributed by atoms with Crippen molar-refractivity contribution in [2.45, 2.75) is 13.0 Å². The third kappa shape index (κ3) is 4.80. The van der Waals surface area contributed by atoms with Gasteiger partial charge < -0.3 is 15.4 Å². The summed E-state index contributed by atoms with van der Waals surface area (Å²) in [6.07, 6.45) is 0. The average Bonchev–Trinajstić information content (AvgIpc) is 2.68. The van der Waals surface area contributed by atoms with Crippen LogP contribution in [0.2, 0.25) is 5.02 Å². The number of ether oxygens (including phenoxy) is 1. The second kappa shape index (κ2) is 8.60. The smallest absolute Gasteiger partial charge is 0.251 e. The fraction of sp³-hybridized carbons (Fsp3) is 0.136. The van der Waals surface area contributed by atoms with Crippen LogP contribution in [0, 0.1) is 6.92 Å². The van der Waals surface area contributed by atoms with Gasteiger partial charge in [-0.25, -0.2) is 0 Å². The van der Waals surface area contributed by atoms with Crippen LogP contribution >= 0.6 is 11.6 Å². The molecule has 0 heterocycles. The number of hydrogen-bond acceptors (Lipinski definition) is 3. The van der Waals surface area contributed by atoms with Crippen molar-refractivity contribution in [3.05, 3.63) is 88.9 Å². The molecule has 0 aromatic heterocycles. The number of hydrogen-bond donors (Lipinski definition) is 2. The summed E-state index contributed by atoms with van der Waals surface area (Å²) in [5.74, 6) is 0.490. The highest BCUT2D eigenvalue weighted by Crippen LogP contribution is 2.28. The normalized spacial score (nSPS) is 11.5. The minimum atomic E-state index is -0.599. The standard InChI is InChI=1S/C22H21ClN2O2/c1-15-11-12-20(19(23)13-15)25-21(16-7-4-3-5-8-16)22(26)24-17-9-6-10-18(14-17)27-2/h3-14,21,25H,1-2H3,(H,24,26)/t21-/m0/s1. The molecule has 0 saturated heterocycles. The molecule has 138 valence electrons. The number of nitrogens with one attached hydrogen (secondary N) is 2. The maximum Gasteiger partial charge on any atom is 0.251 e. The molecule has 0 aliphatic carbocycles. The number of halogens is 1. The Balaban J connectivity index is 1.88. The molecule has 5 heteroatoms. The molecule has 3 aromatic carbocycles. The van der Waals surface area contributed by atoms with Gasteiger partial charge in [0.25, 0.3) is 5.91 Å². The van der Waals surface area contributed by atoms with Crippen LogP contribution in [0.4, 0.5) is 11.4 Å². The second-order valence-electron chi connectivity index (χ2n) is 6.19. The molecule has 0 spiro atoms. The molecule has 1 amide bonds. The van der Waals surface area contributed by atoms with E-state index in [9.17, 15) is 4.79 Å². The van der Waals surface area contributed by atoms with Crippen LogP contribution in [0.5, 0.6) is 5.75 Å². The van der Waals surface area contributed by atoms with Crippen molar-refractivity contribution in [2.75, 3.05) is 17.7 Å². The highest BCUT2D eigenvalue weighted by Gasteiger charge is 2.21. The van der Waals surface area contributed by atoms with Gasteiger partial charge in [0.2, 0.25) is 0 Å². The predicted molar refractivity (Wildman–Crippen MR) is 111 cm³/mol. The molecular formula is C22H21ClN2O2. The van der Waals surface area contributed by atoms with Crippen molar-refractivity contribution in [1.82, 2.24) is 0 Å². The Hall–Kier alpha value is -2.98. The fourth-order valence-electron chi connectivity index (χ4n) is 2.75. The van der Waals surface area contributed by atoms with Crippen LogP contribution < -0.4 is 15.4 Å². The SMILES string of the molecule is COc1cccc(NC(=O)[C@@H](Nc2ccc(C)cc2Cl)c2ccccc2)c1. The van der Waals surface area contributed by atoms with Crippen LogP contribution in [0.3, 0.4) is 0 Å². The van der Waals surface area contributed by atoms with E-state index in [-0.39, 0.29) is 5.91 Å². The number of carbonyl (C=O) groups excluding carboxylic acids is 1. The first-order chi connectivity index (χ1) is 13.1. The van der Waals surface area contributed by atoms with Gasteiger partial charge in [-0.05, 0) is 42.3 Å². The van der Waals surface area contributed by atoms with E-state index in [1.165, 1.54) is 0 Å². The molecule has 0 fully saturated rings. The largest absolute Gasteiger partial charge is 0.497 e. The molecule has 0 radical (unpaired) electrons. The zero-order chi connectivity index (χ0) is 19.2. The molecule has 0 bridgehead atoms. The molecule has 0 saturated carbocycles. The minimum Gasteiger partial charge on any atom is -0.497 e.